The van der Waals surface area contributed by atoms with E-state index in [1.165, 1.54) is 0 Å². The molecule has 3 heteroatoms. The topological polar surface area (TPSA) is 69.1 Å². The molecule has 0 saturated heterocycles. The number of hydrogen-bond donors (Lipinski definition) is 2. The van der Waals surface area contributed by atoms with Crippen molar-refractivity contribution in [3.05, 3.63) is 48.0 Å². The molecule has 76 valence electrons. The van der Waals surface area contributed by atoms with E-state index in [0.717, 1.165) is 16.3 Å². The number of hydrogen-bond acceptors (Lipinski definition) is 2. The van der Waals surface area contributed by atoms with Crippen molar-refractivity contribution in [2.75, 3.05) is 0 Å². The summed E-state index contributed by atoms with van der Waals surface area (Å²) in [5.74, 6) is -0.508. The van der Waals surface area contributed by atoms with Gasteiger partial charge in [0.1, 0.15) is 6.04 Å². The third-order valence-electron chi connectivity index (χ3n) is 2.46. The molecule has 0 aliphatic carbocycles. The maximum absolute atomic E-state index is 11.0. The lowest BCUT2D eigenvalue weighted by atomic mass is 9.99. The predicted molar refractivity (Wildman–Crippen MR) is 60.1 cm³/mol. The van der Waals surface area contributed by atoms with E-state index in [1.807, 2.05) is 42.5 Å². The molecule has 0 saturated carbocycles. The van der Waals surface area contributed by atoms with E-state index in [1.54, 1.807) is 0 Å². The molecule has 15 heavy (non-hydrogen) atoms. The van der Waals surface area contributed by atoms with E-state index in [2.05, 4.69) is 0 Å². The number of primary amides is 1. The van der Waals surface area contributed by atoms with Crippen LogP contribution in [-0.2, 0) is 4.79 Å². The van der Waals surface area contributed by atoms with Gasteiger partial charge in [-0.25, -0.2) is 0 Å². The highest BCUT2D eigenvalue weighted by Gasteiger charge is 2.14. The first-order chi connectivity index (χ1) is 7.20. The molecule has 0 fully saturated rings. The van der Waals surface area contributed by atoms with E-state index < -0.39 is 11.9 Å². The average Bonchev–Trinajstić information content (AvgIpc) is 2.27. The molecular weight excluding hydrogens is 188 g/mol. The zero-order valence-corrected chi connectivity index (χ0v) is 8.18. The second-order valence-electron chi connectivity index (χ2n) is 3.45. The van der Waals surface area contributed by atoms with Crippen LogP contribution < -0.4 is 11.5 Å². The Morgan fingerprint density at radius 1 is 1.07 bits per heavy atom. The van der Waals surface area contributed by atoms with Gasteiger partial charge in [0.15, 0.2) is 0 Å². The highest BCUT2D eigenvalue weighted by atomic mass is 16.1. The SMILES string of the molecule is NC(=O)C(N)c1cccc2ccccc12. The van der Waals surface area contributed by atoms with Crippen LogP contribution in [0, 0.1) is 0 Å². The number of nitrogens with two attached hydrogens (primary N) is 2. The number of amides is 1. The number of carbonyl (C=O) groups is 1. The summed E-state index contributed by atoms with van der Waals surface area (Å²) in [5, 5.41) is 2.04. The van der Waals surface area contributed by atoms with Crippen molar-refractivity contribution in [3.8, 4) is 0 Å². The van der Waals surface area contributed by atoms with Crippen LogP contribution in [-0.4, -0.2) is 5.91 Å². The molecule has 0 aromatic heterocycles. The van der Waals surface area contributed by atoms with Gasteiger partial charge in [-0.2, -0.15) is 0 Å². The Balaban J connectivity index is 2.65. The molecule has 0 aliphatic heterocycles. The molecule has 2 rings (SSSR count). The largest absolute Gasteiger partial charge is 0.368 e. The van der Waals surface area contributed by atoms with Crippen LogP contribution >= 0.6 is 0 Å². The smallest absolute Gasteiger partial charge is 0.238 e. The monoisotopic (exact) mass is 200 g/mol. The summed E-state index contributed by atoms with van der Waals surface area (Å²) in [6, 6.07) is 12.7. The van der Waals surface area contributed by atoms with E-state index in [-0.39, 0.29) is 0 Å². The van der Waals surface area contributed by atoms with E-state index in [0.29, 0.717) is 0 Å². The van der Waals surface area contributed by atoms with Gasteiger partial charge >= 0.3 is 0 Å². The summed E-state index contributed by atoms with van der Waals surface area (Å²) in [6.45, 7) is 0. The Labute approximate surface area is 87.7 Å². The predicted octanol–water partition coefficient (Wildman–Crippen LogP) is 1.32. The Bertz CT molecular complexity index is 502. The van der Waals surface area contributed by atoms with Gasteiger partial charge in [0.25, 0.3) is 0 Å². The first kappa shape index (κ1) is 9.68. The van der Waals surface area contributed by atoms with Gasteiger partial charge in [-0.05, 0) is 16.3 Å². The van der Waals surface area contributed by atoms with E-state index in [9.17, 15) is 4.79 Å². The van der Waals surface area contributed by atoms with Gasteiger partial charge < -0.3 is 11.5 Å². The van der Waals surface area contributed by atoms with Crippen molar-refractivity contribution in [2.24, 2.45) is 11.5 Å². The standard InChI is InChI=1S/C12H12N2O/c13-11(12(14)15)10-7-3-5-8-4-1-2-6-9(8)10/h1-7,11H,13H2,(H2,14,15). The van der Waals surface area contributed by atoms with Crippen molar-refractivity contribution in [3.63, 3.8) is 0 Å². The second kappa shape index (κ2) is 3.71. The van der Waals surface area contributed by atoms with Gasteiger partial charge in [0, 0.05) is 0 Å². The average molecular weight is 200 g/mol. The molecule has 0 aliphatic rings. The van der Waals surface area contributed by atoms with E-state index >= 15 is 0 Å². The van der Waals surface area contributed by atoms with Crippen molar-refractivity contribution in [2.45, 2.75) is 6.04 Å². The van der Waals surface area contributed by atoms with Gasteiger partial charge in [-0.15, -0.1) is 0 Å². The van der Waals surface area contributed by atoms with Crippen molar-refractivity contribution in [1.29, 1.82) is 0 Å². The third-order valence-corrected chi connectivity index (χ3v) is 2.46. The quantitative estimate of drug-likeness (QED) is 0.767. The van der Waals surface area contributed by atoms with Crippen molar-refractivity contribution in [1.82, 2.24) is 0 Å². The van der Waals surface area contributed by atoms with Crippen molar-refractivity contribution < 1.29 is 4.79 Å². The first-order valence-corrected chi connectivity index (χ1v) is 4.72. The molecule has 3 nitrogen and oxygen atoms in total. The summed E-state index contributed by atoms with van der Waals surface area (Å²) in [6.07, 6.45) is 0. The Hall–Kier alpha value is -1.87. The summed E-state index contributed by atoms with van der Waals surface area (Å²) in [4.78, 5) is 11.0. The molecule has 0 radical (unpaired) electrons. The van der Waals surface area contributed by atoms with E-state index in [4.69, 9.17) is 11.5 Å². The highest BCUT2D eigenvalue weighted by molar-refractivity contribution is 5.91. The highest BCUT2D eigenvalue weighted by Crippen LogP contribution is 2.22. The van der Waals surface area contributed by atoms with Gasteiger partial charge in [-0.3, -0.25) is 4.79 Å². The van der Waals surface area contributed by atoms with Crippen LogP contribution in [0.5, 0.6) is 0 Å². The lowest BCUT2D eigenvalue weighted by Crippen LogP contribution is -2.28. The number of benzene rings is 2. The molecule has 2 aromatic rings. The van der Waals surface area contributed by atoms with Gasteiger partial charge in [0.05, 0.1) is 0 Å². The number of rotatable bonds is 2. The van der Waals surface area contributed by atoms with Crippen LogP contribution in [0.25, 0.3) is 10.8 Å². The maximum Gasteiger partial charge on any atom is 0.238 e. The Morgan fingerprint density at radius 3 is 2.47 bits per heavy atom. The summed E-state index contributed by atoms with van der Waals surface area (Å²) in [7, 11) is 0. The summed E-state index contributed by atoms with van der Waals surface area (Å²) < 4.78 is 0. The second-order valence-corrected chi connectivity index (χ2v) is 3.45. The minimum absolute atomic E-state index is 0.508. The van der Waals surface area contributed by atoms with Gasteiger partial charge in [0.2, 0.25) is 5.91 Å². The molecule has 0 bridgehead atoms. The fourth-order valence-electron chi connectivity index (χ4n) is 1.67. The van der Waals surface area contributed by atoms with Crippen LogP contribution in [0.15, 0.2) is 42.5 Å². The molecule has 0 spiro atoms. The normalized spacial score (nSPS) is 12.6. The van der Waals surface area contributed by atoms with Crippen LogP contribution in [0.3, 0.4) is 0 Å². The summed E-state index contributed by atoms with van der Waals surface area (Å²) >= 11 is 0. The minimum atomic E-state index is -0.740. The van der Waals surface area contributed by atoms with Crippen LogP contribution in [0.1, 0.15) is 11.6 Å². The van der Waals surface area contributed by atoms with Crippen LogP contribution in [0.2, 0.25) is 0 Å². The van der Waals surface area contributed by atoms with Gasteiger partial charge in [-0.1, -0.05) is 42.5 Å². The molecule has 4 N–H and O–H groups in total. The first-order valence-electron chi connectivity index (χ1n) is 4.72. The molecule has 0 heterocycles. The van der Waals surface area contributed by atoms with Crippen molar-refractivity contribution >= 4 is 16.7 Å². The number of carbonyl (C=O) groups excluding carboxylic acids is 1. The Morgan fingerprint density at radius 2 is 1.73 bits per heavy atom. The Kier molecular flexibility index (Phi) is 2.39. The molecule has 1 atom stereocenters. The van der Waals surface area contributed by atoms with Crippen LogP contribution in [0.4, 0.5) is 0 Å². The minimum Gasteiger partial charge on any atom is -0.368 e. The zero-order valence-electron chi connectivity index (χ0n) is 8.18. The third kappa shape index (κ3) is 1.69. The number of fused-ring (bicyclic) bond motifs is 1. The lowest BCUT2D eigenvalue weighted by Gasteiger charge is -2.10. The zero-order chi connectivity index (χ0) is 10.8. The lowest BCUT2D eigenvalue weighted by molar-refractivity contribution is -0.119. The summed E-state index contributed by atoms with van der Waals surface area (Å²) in [5.41, 5.74) is 11.7. The molecule has 1 unspecified atom stereocenters. The molecule has 2 aromatic carbocycles. The maximum atomic E-state index is 11.0. The fraction of sp³-hybridized carbons (Fsp3) is 0.0833. The molecule has 1 amide bonds. The molecular formula is C12H12N2O. The fourth-order valence-corrected chi connectivity index (χ4v) is 1.67.